The van der Waals surface area contributed by atoms with Gasteiger partial charge in [-0.15, -0.1) is 0 Å². The van der Waals surface area contributed by atoms with Gasteiger partial charge in [0.25, 0.3) is 0 Å². The summed E-state index contributed by atoms with van der Waals surface area (Å²) < 4.78 is 5.52. The first kappa shape index (κ1) is 12.4. The maximum absolute atomic E-state index is 5.52. The highest BCUT2D eigenvalue weighted by atomic mass is 79.9. The molecule has 1 fully saturated rings. The van der Waals surface area contributed by atoms with Crippen LogP contribution in [0.15, 0.2) is 48.5 Å². The van der Waals surface area contributed by atoms with E-state index in [1.807, 2.05) is 0 Å². The van der Waals surface area contributed by atoms with Gasteiger partial charge in [0.2, 0.25) is 0 Å². The van der Waals surface area contributed by atoms with Crippen LogP contribution in [0, 0.1) is 0 Å². The summed E-state index contributed by atoms with van der Waals surface area (Å²) in [5.41, 5.74) is 5.69. The van der Waals surface area contributed by atoms with Crippen LogP contribution < -0.4 is 4.90 Å². The number of morpholine rings is 1. The summed E-state index contributed by atoms with van der Waals surface area (Å²) in [4.78, 5) is 2.68. The highest BCUT2D eigenvalue weighted by Gasteiger charge is 2.36. The van der Waals surface area contributed by atoms with Crippen molar-refractivity contribution in [1.82, 2.24) is 0 Å². The molecule has 2 aromatic rings. The molecule has 102 valence electrons. The van der Waals surface area contributed by atoms with E-state index in [4.69, 9.17) is 4.74 Å². The van der Waals surface area contributed by atoms with E-state index in [9.17, 15) is 0 Å². The Morgan fingerprint density at radius 1 is 0.950 bits per heavy atom. The highest BCUT2D eigenvalue weighted by molar-refractivity contribution is 9.09. The Morgan fingerprint density at radius 2 is 1.60 bits per heavy atom. The molecule has 3 heteroatoms. The summed E-state index contributed by atoms with van der Waals surface area (Å²) in [6.45, 7) is 2.48. The zero-order chi connectivity index (χ0) is 13.5. The number of rotatable bonds is 2. The molecule has 0 radical (unpaired) electrons. The van der Waals surface area contributed by atoms with Crippen LogP contribution in [0.25, 0.3) is 0 Å². The van der Waals surface area contributed by atoms with Gasteiger partial charge in [-0.3, -0.25) is 0 Å². The first-order valence-corrected chi connectivity index (χ1v) is 7.94. The number of alkyl halides is 1. The third-order valence-corrected chi connectivity index (χ3v) is 4.92. The van der Waals surface area contributed by atoms with Gasteiger partial charge in [0.1, 0.15) is 4.95 Å². The third kappa shape index (κ3) is 1.97. The Bertz CT molecular complexity index is 619. The number of nitrogens with zero attached hydrogens (tertiary/aromatic N) is 1. The van der Waals surface area contributed by atoms with Gasteiger partial charge in [-0.2, -0.15) is 0 Å². The lowest BCUT2D eigenvalue weighted by molar-refractivity contribution is 0.116. The van der Waals surface area contributed by atoms with Crippen molar-refractivity contribution in [3.63, 3.8) is 0 Å². The van der Waals surface area contributed by atoms with Gasteiger partial charge in [0.15, 0.2) is 0 Å². The number of benzene rings is 2. The molecule has 1 heterocycles. The van der Waals surface area contributed by atoms with Crippen LogP contribution in [0.5, 0.6) is 0 Å². The third-order valence-electron chi connectivity index (χ3n) is 4.16. The average Bonchev–Trinajstić information content (AvgIpc) is 3.22. The first-order chi connectivity index (χ1) is 9.86. The summed E-state index contributed by atoms with van der Waals surface area (Å²) in [5.74, 6) is 0.490. The fraction of sp³-hybridized carbons (Fsp3) is 0.294. The second-order valence-corrected chi connectivity index (χ2v) is 6.38. The van der Waals surface area contributed by atoms with E-state index in [2.05, 4.69) is 69.4 Å². The van der Waals surface area contributed by atoms with Crippen molar-refractivity contribution in [2.45, 2.75) is 10.9 Å². The number of fused-ring (bicyclic) bond motifs is 1. The van der Waals surface area contributed by atoms with Crippen molar-refractivity contribution in [3.8, 4) is 0 Å². The van der Waals surface area contributed by atoms with Crippen LogP contribution in [-0.4, -0.2) is 24.7 Å². The molecule has 0 bridgehead atoms. The number of para-hydroxylation sites is 1. The summed E-state index contributed by atoms with van der Waals surface area (Å²) >= 11 is 3.73. The first-order valence-electron chi connectivity index (χ1n) is 7.02. The molecule has 0 saturated carbocycles. The Kier molecular flexibility index (Phi) is 3.04. The largest absolute Gasteiger partial charge is 0.377 e. The molecule has 2 nitrogen and oxygen atoms in total. The maximum atomic E-state index is 5.52. The van der Waals surface area contributed by atoms with Crippen molar-refractivity contribution in [3.05, 3.63) is 65.2 Å². The SMILES string of the molecule is BrC1COCCN1c1ccccc1C1c2ccccc21. The molecular formula is C17H16BrNO. The summed E-state index contributed by atoms with van der Waals surface area (Å²) in [6.07, 6.45) is 0. The van der Waals surface area contributed by atoms with E-state index in [0.717, 1.165) is 19.8 Å². The fourth-order valence-corrected chi connectivity index (χ4v) is 3.75. The van der Waals surface area contributed by atoms with E-state index in [-0.39, 0.29) is 4.95 Å². The minimum Gasteiger partial charge on any atom is -0.377 e. The zero-order valence-electron chi connectivity index (χ0n) is 11.1. The molecule has 0 amide bonds. The van der Waals surface area contributed by atoms with Gasteiger partial charge in [0.05, 0.1) is 13.2 Å². The highest BCUT2D eigenvalue weighted by Crippen LogP contribution is 2.50. The predicted octanol–water partition coefficient (Wildman–Crippen LogP) is 3.74. The molecule has 20 heavy (non-hydrogen) atoms. The number of ether oxygens (including phenoxy) is 1. The van der Waals surface area contributed by atoms with Crippen LogP contribution in [0.3, 0.4) is 0 Å². The Labute approximate surface area is 127 Å². The second-order valence-electron chi connectivity index (χ2n) is 5.32. The molecule has 4 rings (SSSR count). The van der Waals surface area contributed by atoms with Crippen molar-refractivity contribution >= 4 is 21.6 Å². The molecule has 1 unspecified atom stereocenters. The lowest BCUT2D eigenvalue weighted by Crippen LogP contribution is -2.42. The minimum absolute atomic E-state index is 0.263. The van der Waals surface area contributed by atoms with E-state index in [0.29, 0.717) is 5.92 Å². The molecule has 1 aliphatic heterocycles. The van der Waals surface area contributed by atoms with Gasteiger partial charge in [-0.25, -0.2) is 0 Å². The van der Waals surface area contributed by atoms with E-state index in [1.165, 1.54) is 22.4 Å². The summed E-state index contributed by atoms with van der Waals surface area (Å²) in [7, 11) is 0. The topological polar surface area (TPSA) is 12.5 Å². The quantitative estimate of drug-likeness (QED) is 0.524. The molecule has 1 aliphatic carbocycles. The van der Waals surface area contributed by atoms with Crippen molar-refractivity contribution < 1.29 is 4.74 Å². The van der Waals surface area contributed by atoms with Crippen molar-refractivity contribution in [2.24, 2.45) is 0 Å². The summed E-state index contributed by atoms with van der Waals surface area (Å²) in [5, 5.41) is 0. The average molecular weight is 330 g/mol. The smallest absolute Gasteiger partial charge is 0.108 e. The van der Waals surface area contributed by atoms with Gasteiger partial charge >= 0.3 is 0 Å². The predicted molar refractivity (Wildman–Crippen MR) is 84.7 cm³/mol. The molecule has 0 spiro atoms. The van der Waals surface area contributed by atoms with Crippen LogP contribution in [0.2, 0.25) is 0 Å². The maximum Gasteiger partial charge on any atom is 0.108 e. The van der Waals surface area contributed by atoms with Gasteiger partial charge in [-0.1, -0.05) is 58.4 Å². The molecule has 0 aromatic heterocycles. The van der Waals surface area contributed by atoms with Crippen molar-refractivity contribution in [1.29, 1.82) is 0 Å². The van der Waals surface area contributed by atoms with Crippen LogP contribution in [0.4, 0.5) is 5.69 Å². The molecule has 1 saturated heterocycles. The molecule has 1 atom stereocenters. The van der Waals surface area contributed by atoms with Crippen LogP contribution in [0.1, 0.15) is 22.6 Å². The molecule has 2 aromatic carbocycles. The van der Waals surface area contributed by atoms with E-state index < -0.39 is 0 Å². The number of hydrogen-bond donors (Lipinski definition) is 0. The second kappa shape index (κ2) is 4.90. The molecule has 0 N–H and O–H groups in total. The van der Waals surface area contributed by atoms with Gasteiger partial charge < -0.3 is 9.64 Å². The van der Waals surface area contributed by atoms with Crippen LogP contribution >= 0.6 is 15.9 Å². The van der Waals surface area contributed by atoms with E-state index >= 15 is 0 Å². The summed E-state index contributed by atoms with van der Waals surface area (Å²) in [6, 6.07) is 17.5. The lowest BCUT2D eigenvalue weighted by Gasteiger charge is -2.35. The van der Waals surface area contributed by atoms with E-state index in [1.54, 1.807) is 0 Å². The lowest BCUT2D eigenvalue weighted by atomic mass is 10.0. The monoisotopic (exact) mass is 329 g/mol. The Hall–Kier alpha value is -1.32. The Morgan fingerprint density at radius 3 is 2.30 bits per heavy atom. The number of hydrogen-bond acceptors (Lipinski definition) is 2. The molecular weight excluding hydrogens is 314 g/mol. The zero-order valence-corrected chi connectivity index (χ0v) is 12.7. The molecule has 2 aliphatic rings. The van der Waals surface area contributed by atoms with Gasteiger partial charge in [0, 0.05) is 18.2 Å². The normalized spacial score (nSPS) is 21.6. The Balaban J connectivity index is 1.72. The van der Waals surface area contributed by atoms with Gasteiger partial charge in [-0.05, 0) is 22.8 Å². The standard InChI is InChI=1S/C17H16BrNO/c18-16-11-20-10-9-19(16)15-8-4-3-7-14(15)17-12-5-1-2-6-13(12)17/h1-8,16-17H,9-11H2. The minimum atomic E-state index is 0.263. The number of halogens is 1. The van der Waals surface area contributed by atoms with Crippen LogP contribution in [-0.2, 0) is 4.74 Å². The number of anilines is 1. The van der Waals surface area contributed by atoms with Crippen molar-refractivity contribution in [2.75, 3.05) is 24.7 Å². The fourth-order valence-electron chi connectivity index (χ4n) is 3.13.